The summed E-state index contributed by atoms with van der Waals surface area (Å²) in [5.74, 6) is -0.585. The van der Waals surface area contributed by atoms with E-state index >= 15 is 0 Å². The lowest BCUT2D eigenvalue weighted by atomic mass is 10.2. The van der Waals surface area contributed by atoms with Crippen molar-refractivity contribution in [3.63, 3.8) is 0 Å². The fourth-order valence-corrected chi connectivity index (χ4v) is 2.76. The van der Waals surface area contributed by atoms with E-state index in [4.69, 9.17) is 28.3 Å². The van der Waals surface area contributed by atoms with E-state index in [2.05, 4.69) is 20.3 Å². The molecule has 26 heavy (non-hydrogen) atoms. The molecule has 0 atom stereocenters. The Morgan fingerprint density at radius 2 is 2.12 bits per heavy atom. The number of benzene rings is 1. The maximum absolute atomic E-state index is 12.2. The van der Waals surface area contributed by atoms with E-state index in [1.165, 1.54) is 6.33 Å². The molecule has 0 bridgehead atoms. The molecule has 3 rings (SSSR count). The number of nitrogens with one attached hydrogen (secondary N) is 2. The van der Waals surface area contributed by atoms with Crippen LogP contribution in [-0.2, 0) is 17.9 Å². The number of aliphatic carboxylic acids is 1. The third kappa shape index (κ3) is 4.14. The minimum atomic E-state index is -0.871. The van der Waals surface area contributed by atoms with Crippen molar-refractivity contribution in [2.45, 2.75) is 25.9 Å². The van der Waals surface area contributed by atoms with Gasteiger partial charge >= 0.3 is 5.97 Å². The Bertz CT molecular complexity index is 1010. The van der Waals surface area contributed by atoms with Gasteiger partial charge in [0.1, 0.15) is 0 Å². The van der Waals surface area contributed by atoms with Crippen LogP contribution < -0.4 is 10.9 Å². The quantitative estimate of drug-likeness (QED) is 0.566. The molecule has 2 heterocycles. The minimum absolute atomic E-state index is 0.0330. The van der Waals surface area contributed by atoms with Crippen LogP contribution in [0.1, 0.15) is 18.4 Å². The first-order valence-electron chi connectivity index (χ1n) is 7.79. The average Bonchev–Trinajstić information content (AvgIpc) is 2.99. The van der Waals surface area contributed by atoms with E-state index in [0.29, 0.717) is 35.2 Å². The van der Waals surface area contributed by atoms with E-state index in [1.807, 2.05) is 6.07 Å². The molecule has 0 spiro atoms. The number of carboxylic acids is 1. The second-order valence-corrected chi connectivity index (χ2v) is 6.44. The molecule has 0 aliphatic heterocycles. The van der Waals surface area contributed by atoms with Gasteiger partial charge in [0, 0.05) is 19.5 Å². The van der Waals surface area contributed by atoms with E-state index in [0.717, 1.165) is 5.56 Å². The van der Waals surface area contributed by atoms with Crippen LogP contribution >= 0.6 is 23.2 Å². The molecular formula is C16H15Cl2N5O3. The highest BCUT2D eigenvalue weighted by Gasteiger charge is 2.11. The number of halogens is 2. The Balaban J connectivity index is 1.79. The zero-order valence-electron chi connectivity index (χ0n) is 13.5. The molecular weight excluding hydrogens is 381 g/mol. The summed E-state index contributed by atoms with van der Waals surface area (Å²) < 4.78 is 1.66. The third-order valence-corrected chi connectivity index (χ3v) is 4.45. The maximum Gasteiger partial charge on any atom is 0.303 e. The average molecular weight is 396 g/mol. The first-order chi connectivity index (χ1) is 12.4. The molecule has 0 unspecified atom stereocenters. The number of anilines is 1. The lowest BCUT2D eigenvalue weighted by molar-refractivity contribution is -0.137. The van der Waals surface area contributed by atoms with E-state index in [9.17, 15) is 9.59 Å². The van der Waals surface area contributed by atoms with Gasteiger partial charge in [-0.3, -0.25) is 14.6 Å². The number of fused-ring (bicyclic) bond motifs is 1. The Hall–Kier alpha value is -2.58. The maximum atomic E-state index is 12.2. The van der Waals surface area contributed by atoms with Crippen LogP contribution in [0.15, 0.2) is 29.3 Å². The first kappa shape index (κ1) is 18.2. The molecule has 3 aromatic rings. The Morgan fingerprint density at radius 1 is 1.31 bits per heavy atom. The van der Waals surface area contributed by atoms with Crippen molar-refractivity contribution in [1.29, 1.82) is 0 Å². The second-order valence-electron chi connectivity index (χ2n) is 5.62. The highest BCUT2D eigenvalue weighted by atomic mass is 35.5. The molecule has 0 aliphatic carbocycles. The zero-order chi connectivity index (χ0) is 18.7. The Kier molecular flexibility index (Phi) is 5.43. The van der Waals surface area contributed by atoms with Gasteiger partial charge in [-0.1, -0.05) is 29.3 Å². The van der Waals surface area contributed by atoms with E-state index in [-0.39, 0.29) is 23.4 Å². The highest BCUT2D eigenvalue weighted by Crippen LogP contribution is 2.22. The number of imidazole rings is 1. The molecule has 2 aromatic heterocycles. The summed E-state index contributed by atoms with van der Waals surface area (Å²) in [6.07, 6.45) is 1.93. The number of hydrogen-bond acceptors (Lipinski definition) is 5. The lowest BCUT2D eigenvalue weighted by Gasteiger charge is -2.07. The van der Waals surface area contributed by atoms with Gasteiger partial charge in [0.15, 0.2) is 11.2 Å². The van der Waals surface area contributed by atoms with E-state index < -0.39 is 5.97 Å². The number of aryl methyl sites for hydroxylation is 1. The van der Waals surface area contributed by atoms with Gasteiger partial charge in [-0.15, -0.1) is 0 Å². The smallest absolute Gasteiger partial charge is 0.303 e. The van der Waals surface area contributed by atoms with Gasteiger partial charge in [-0.25, -0.2) is 4.98 Å². The number of hydrogen-bond donors (Lipinski definition) is 3. The van der Waals surface area contributed by atoms with Crippen LogP contribution in [-0.4, -0.2) is 30.6 Å². The predicted molar refractivity (Wildman–Crippen MR) is 98.8 cm³/mol. The number of aromatic amines is 1. The molecule has 0 saturated heterocycles. The Morgan fingerprint density at radius 3 is 2.85 bits per heavy atom. The monoisotopic (exact) mass is 395 g/mol. The van der Waals surface area contributed by atoms with Crippen molar-refractivity contribution in [1.82, 2.24) is 19.5 Å². The summed E-state index contributed by atoms with van der Waals surface area (Å²) in [7, 11) is 0. The lowest BCUT2D eigenvalue weighted by Crippen LogP contribution is -2.14. The van der Waals surface area contributed by atoms with Crippen LogP contribution in [0.4, 0.5) is 5.95 Å². The predicted octanol–water partition coefficient (Wildman–Crippen LogP) is 2.90. The SMILES string of the molecule is O=C(O)CCCn1cnc2c(=O)[nH]c(NCc3ccc(Cl)c(Cl)c3)nc21. The summed E-state index contributed by atoms with van der Waals surface area (Å²) in [4.78, 5) is 33.9. The fraction of sp³-hybridized carbons (Fsp3) is 0.250. The number of H-pyrrole nitrogens is 1. The molecule has 0 radical (unpaired) electrons. The highest BCUT2D eigenvalue weighted by molar-refractivity contribution is 6.42. The van der Waals surface area contributed by atoms with Crippen molar-refractivity contribution in [3.8, 4) is 0 Å². The molecule has 0 amide bonds. The molecule has 0 fully saturated rings. The van der Waals surface area contributed by atoms with Crippen LogP contribution in [0.2, 0.25) is 10.0 Å². The van der Waals surface area contributed by atoms with Gasteiger partial charge in [0.25, 0.3) is 5.56 Å². The second kappa shape index (κ2) is 7.76. The van der Waals surface area contributed by atoms with Crippen LogP contribution in [0.25, 0.3) is 11.2 Å². The van der Waals surface area contributed by atoms with Gasteiger partial charge in [-0.2, -0.15) is 4.98 Å². The van der Waals surface area contributed by atoms with Crippen molar-refractivity contribution in [2.24, 2.45) is 0 Å². The molecule has 136 valence electrons. The molecule has 8 nitrogen and oxygen atoms in total. The molecule has 1 aromatic carbocycles. The molecule has 3 N–H and O–H groups in total. The van der Waals surface area contributed by atoms with Gasteiger partial charge < -0.3 is 15.0 Å². The zero-order valence-corrected chi connectivity index (χ0v) is 15.0. The molecule has 0 aliphatic rings. The van der Waals surface area contributed by atoms with Crippen molar-refractivity contribution in [3.05, 3.63) is 50.5 Å². The van der Waals surface area contributed by atoms with Gasteiger partial charge in [0.2, 0.25) is 5.95 Å². The summed E-state index contributed by atoms with van der Waals surface area (Å²) in [6.45, 7) is 0.796. The summed E-state index contributed by atoms with van der Waals surface area (Å²) in [6, 6.07) is 5.23. The van der Waals surface area contributed by atoms with Crippen molar-refractivity contribution in [2.75, 3.05) is 5.32 Å². The largest absolute Gasteiger partial charge is 0.481 e. The minimum Gasteiger partial charge on any atom is -0.481 e. The number of carbonyl (C=O) groups is 1. The summed E-state index contributed by atoms with van der Waals surface area (Å²) >= 11 is 11.9. The summed E-state index contributed by atoms with van der Waals surface area (Å²) in [5.41, 5.74) is 1.11. The number of carboxylic acid groups (broad SMARTS) is 1. The first-order valence-corrected chi connectivity index (χ1v) is 8.54. The number of rotatable bonds is 7. The van der Waals surface area contributed by atoms with Gasteiger partial charge in [0.05, 0.1) is 16.4 Å². The van der Waals surface area contributed by atoms with Crippen molar-refractivity contribution >= 4 is 46.3 Å². The Labute approximate surface area is 157 Å². The summed E-state index contributed by atoms with van der Waals surface area (Å²) in [5, 5.41) is 12.7. The third-order valence-electron chi connectivity index (χ3n) is 3.71. The standard InChI is InChI=1S/C16H15Cl2N5O3/c17-10-4-3-9(6-11(10)18)7-19-16-21-14-13(15(26)22-16)20-8-23(14)5-1-2-12(24)25/h3-4,6,8H,1-2,5,7H2,(H,24,25)(H2,19,21,22,26). The normalized spacial score (nSPS) is 11.0. The van der Waals surface area contributed by atoms with E-state index in [1.54, 1.807) is 16.7 Å². The van der Waals surface area contributed by atoms with Crippen LogP contribution in [0.3, 0.4) is 0 Å². The topological polar surface area (TPSA) is 113 Å². The number of nitrogens with zero attached hydrogens (tertiary/aromatic N) is 3. The molecule has 0 saturated carbocycles. The number of aromatic nitrogens is 4. The van der Waals surface area contributed by atoms with Gasteiger partial charge in [-0.05, 0) is 24.1 Å². The van der Waals surface area contributed by atoms with Crippen LogP contribution in [0.5, 0.6) is 0 Å². The molecule has 10 heteroatoms. The van der Waals surface area contributed by atoms with Crippen LogP contribution in [0, 0.1) is 0 Å². The van der Waals surface area contributed by atoms with Crippen molar-refractivity contribution < 1.29 is 9.90 Å². The fourth-order valence-electron chi connectivity index (χ4n) is 2.44.